The fraction of sp³-hybridized carbons (Fsp3) is 0.211. The molecule has 1 aromatic carbocycles. The number of amides is 1. The zero-order valence-corrected chi connectivity index (χ0v) is 16.0. The van der Waals surface area contributed by atoms with E-state index in [4.69, 9.17) is 5.41 Å². The van der Waals surface area contributed by atoms with E-state index < -0.39 is 0 Å². The van der Waals surface area contributed by atoms with Crippen LogP contribution in [0.15, 0.2) is 52.4 Å². The topological polar surface area (TPSA) is 57.1 Å². The van der Waals surface area contributed by atoms with Gasteiger partial charge in [-0.25, -0.2) is 4.98 Å². The average molecular weight is 370 g/mol. The molecule has 0 spiro atoms. The molecule has 128 valence electrons. The smallest absolute Gasteiger partial charge is 0.261 e. The van der Waals surface area contributed by atoms with E-state index in [0.717, 1.165) is 26.6 Å². The summed E-state index contributed by atoms with van der Waals surface area (Å²) >= 11 is 3.11. The molecule has 3 rings (SSSR count). The Kier molecular flexibility index (Phi) is 5.20. The van der Waals surface area contributed by atoms with Crippen molar-refractivity contribution in [3.63, 3.8) is 0 Å². The Morgan fingerprint density at radius 1 is 1.36 bits per heavy atom. The van der Waals surface area contributed by atoms with E-state index in [1.165, 1.54) is 11.3 Å². The normalized spacial score (nSPS) is 16.5. The van der Waals surface area contributed by atoms with Gasteiger partial charge in [0.1, 0.15) is 5.84 Å². The molecule has 1 N–H and O–H groups in total. The number of nitrogens with one attached hydrogen (secondary N) is 1. The standard InChI is InChI=1S/C19H19N3OS2/c1-4-13-9-15(17-12(2)21-11-25-17)19(23)22(18(13)20)10-14-7-5-6-8-16(14)24-3/h4-9,11,20H,10H2,1-3H3/b13-4-,20-18?. The first kappa shape index (κ1) is 17.6. The molecule has 6 heteroatoms. The molecule has 0 aliphatic carbocycles. The van der Waals surface area contributed by atoms with Crippen molar-refractivity contribution in [2.45, 2.75) is 25.3 Å². The van der Waals surface area contributed by atoms with Gasteiger partial charge in [0, 0.05) is 10.5 Å². The van der Waals surface area contributed by atoms with E-state index in [1.807, 2.05) is 56.5 Å². The summed E-state index contributed by atoms with van der Waals surface area (Å²) in [6.07, 6.45) is 5.70. The molecule has 1 aliphatic rings. The molecule has 2 heterocycles. The number of hydrogen-bond donors (Lipinski definition) is 1. The summed E-state index contributed by atoms with van der Waals surface area (Å²) in [5.74, 6) is 0.105. The summed E-state index contributed by atoms with van der Waals surface area (Å²) < 4.78 is 0. The molecular formula is C19H19N3OS2. The first-order valence-corrected chi connectivity index (χ1v) is 9.98. The lowest BCUT2D eigenvalue weighted by Crippen LogP contribution is -2.40. The number of amidine groups is 1. The number of aryl methyl sites for hydroxylation is 1. The van der Waals surface area contributed by atoms with Gasteiger partial charge in [0.05, 0.1) is 28.2 Å². The lowest BCUT2D eigenvalue weighted by molar-refractivity contribution is -0.122. The summed E-state index contributed by atoms with van der Waals surface area (Å²) in [6, 6.07) is 8.01. The van der Waals surface area contributed by atoms with Crippen LogP contribution in [0.3, 0.4) is 0 Å². The number of rotatable bonds is 4. The van der Waals surface area contributed by atoms with Crippen molar-refractivity contribution in [1.82, 2.24) is 9.88 Å². The summed E-state index contributed by atoms with van der Waals surface area (Å²) in [4.78, 5) is 20.9. The molecule has 1 aromatic heterocycles. The van der Waals surface area contributed by atoms with Crippen molar-refractivity contribution in [3.8, 4) is 0 Å². The first-order valence-electron chi connectivity index (χ1n) is 7.88. The molecule has 0 unspecified atom stereocenters. The summed E-state index contributed by atoms with van der Waals surface area (Å²) in [5, 5.41) is 8.45. The minimum Gasteiger partial charge on any atom is -0.288 e. The van der Waals surface area contributed by atoms with Crippen LogP contribution < -0.4 is 0 Å². The van der Waals surface area contributed by atoms with Gasteiger partial charge in [0.25, 0.3) is 5.91 Å². The number of benzene rings is 1. The summed E-state index contributed by atoms with van der Waals surface area (Å²) in [7, 11) is 0. The van der Waals surface area contributed by atoms with Crippen molar-refractivity contribution in [1.29, 1.82) is 5.41 Å². The van der Waals surface area contributed by atoms with Crippen LogP contribution in [-0.2, 0) is 11.3 Å². The molecule has 0 bridgehead atoms. The molecule has 0 saturated carbocycles. The highest BCUT2D eigenvalue weighted by atomic mass is 32.2. The van der Waals surface area contributed by atoms with Gasteiger partial charge in [-0.15, -0.1) is 23.1 Å². The number of thioether (sulfide) groups is 1. The van der Waals surface area contributed by atoms with Gasteiger partial charge in [0.15, 0.2) is 0 Å². The summed E-state index contributed by atoms with van der Waals surface area (Å²) in [5.41, 5.74) is 5.01. The monoisotopic (exact) mass is 369 g/mol. The predicted octanol–water partition coefficient (Wildman–Crippen LogP) is 4.52. The Bertz CT molecular complexity index is 896. The van der Waals surface area contributed by atoms with Gasteiger partial charge in [-0.1, -0.05) is 24.3 Å². The third-order valence-electron chi connectivity index (χ3n) is 4.14. The minimum atomic E-state index is -0.140. The van der Waals surface area contributed by atoms with Crippen LogP contribution >= 0.6 is 23.1 Å². The van der Waals surface area contributed by atoms with Crippen LogP contribution in [-0.4, -0.2) is 27.9 Å². The molecule has 0 saturated heterocycles. The van der Waals surface area contributed by atoms with Gasteiger partial charge in [0.2, 0.25) is 0 Å². The molecule has 1 aliphatic heterocycles. The van der Waals surface area contributed by atoms with Crippen LogP contribution in [0.2, 0.25) is 0 Å². The first-order chi connectivity index (χ1) is 12.1. The second-order valence-electron chi connectivity index (χ2n) is 5.62. The lowest BCUT2D eigenvalue weighted by atomic mass is 10.00. The number of thiazole rings is 1. The Morgan fingerprint density at radius 3 is 2.76 bits per heavy atom. The molecule has 0 atom stereocenters. The maximum Gasteiger partial charge on any atom is 0.261 e. The number of allylic oxidation sites excluding steroid dienone is 1. The number of carbonyl (C=O) groups excluding carboxylic acids is 1. The highest BCUT2D eigenvalue weighted by Crippen LogP contribution is 2.32. The third-order valence-corrected chi connectivity index (χ3v) is 5.94. The fourth-order valence-corrected chi connectivity index (χ4v) is 4.21. The molecule has 25 heavy (non-hydrogen) atoms. The molecule has 2 aromatic rings. The van der Waals surface area contributed by atoms with Crippen LogP contribution in [0.4, 0.5) is 0 Å². The Labute approximate surface area is 155 Å². The highest BCUT2D eigenvalue weighted by Gasteiger charge is 2.31. The number of hydrogen-bond acceptors (Lipinski definition) is 5. The maximum absolute atomic E-state index is 13.1. The average Bonchev–Trinajstić information content (AvgIpc) is 3.05. The van der Waals surface area contributed by atoms with Crippen molar-refractivity contribution < 1.29 is 4.79 Å². The van der Waals surface area contributed by atoms with Crippen LogP contribution in [0, 0.1) is 12.3 Å². The van der Waals surface area contributed by atoms with Crippen LogP contribution in [0.5, 0.6) is 0 Å². The van der Waals surface area contributed by atoms with Gasteiger partial charge >= 0.3 is 0 Å². The zero-order valence-electron chi connectivity index (χ0n) is 14.4. The quantitative estimate of drug-likeness (QED) is 0.806. The van der Waals surface area contributed by atoms with Gasteiger partial charge < -0.3 is 0 Å². The van der Waals surface area contributed by atoms with Crippen LogP contribution in [0.25, 0.3) is 5.57 Å². The fourth-order valence-electron chi connectivity index (χ4n) is 2.79. The van der Waals surface area contributed by atoms with Crippen molar-refractivity contribution in [2.24, 2.45) is 0 Å². The zero-order chi connectivity index (χ0) is 18.0. The van der Waals surface area contributed by atoms with E-state index in [0.29, 0.717) is 12.1 Å². The maximum atomic E-state index is 13.1. The SMILES string of the molecule is C/C=C1/C=C(c2scnc2C)C(=O)N(Cc2ccccc2SC)C1=N. The lowest BCUT2D eigenvalue weighted by Gasteiger charge is -2.29. The van der Waals surface area contributed by atoms with Crippen LogP contribution in [0.1, 0.15) is 23.1 Å². The molecule has 4 nitrogen and oxygen atoms in total. The van der Waals surface area contributed by atoms with E-state index in [9.17, 15) is 4.79 Å². The second kappa shape index (κ2) is 7.37. The Hall–Kier alpha value is -2.18. The number of aromatic nitrogens is 1. The van der Waals surface area contributed by atoms with Crippen molar-refractivity contribution in [2.75, 3.05) is 6.26 Å². The number of nitrogens with zero attached hydrogens (tertiary/aromatic N) is 2. The highest BCUT2D eigenvalue weighted by molar-refractivity contribution is 7.98. The van der Waals surface area contributed by atoms with Gasteiger partial charge in [-0.05, 0) is 37.8 Å². The van der Waals surface area contributed by atoms with E-state index in [1.54, 1.807) is 22.2 Å². The minimum absolute atomic E-state index is 0.140. The molecule has 0 radical (unpaired) electrons. The van der Waals surface area contributed by atoms with Crippen molar-refractivity contribution >= 4 is 40.4 Å². The molecule has 0 fully saturated rings. The van der Waals surface area contributed by atoms with E-state index in [-0.39, 0.29) is 11.7 Å². The molecular weight excluding hydrogens is 350 g/mol. The Balaban J connectivity index is 2.02. The van der Waals surface area contributed by atoms with Gasteiger partial charge in [-0.2, -0.15) is 0 Å². The van der Waals surface area contributed by atoms with E-state index in [2.05, 4.69) is 4.98 Å². The molecule has 1 amide bonds. The summed E-state index contributed by atoms with van der Waals surface area (Å²) in [6.45, 7) is 4.19. The second-order valence-corrected chi connectivity index (χ2v) is 7.32. The predicted molar refractivity (Wildman–Crippen MR) is 105 cm³/mol. The van der Waals surface area contributed by atoms with E-state index >= 15 is 0 Å². The Morgan fingerprint density at radius 2 is 2.12 bits per heavy atom. The number of carbonyl (C=O) groups is 1. The van der Waals surface area contributed by atoms with Gasteiger partial charge in [-0.3, -0.25) is 15.1 Å². The largest absolute Gasteiger partial charge is 0.288 e. The van der Waals surface area contributed by atoms with Crippen molar-refractivity contribution in [3.05, 3.63) is 63.6 Å². The third kappa shape index (κ3) is 3.32.